The van der Waals surface area contributed by atoms with Gasteiger partial charge in [-0.1, -0.05) is 18.2 Å². The van der Waals surface area contributed by atoms with Crippen LogP contribution in [0.25, 0.3) is 11.1 Å². The summed E-state index contributed by atoms with van der Waals surface area (Å²) < 4.78 is 11.3. The van der Waals surface area contributed by atoms with Gasteiger partial charge in [-0.15, -0.1) is 12.6 Å². The summed E-state index contributed by atoms with van der Waals surface area (Å²) in [7, 11) is 0. The molecular formula is C15H13NO2S2. The van der Waals surface area contributed by atoms with Gasteiger partial charge in [-0.05, 0) is 42.9 Å². The van der Waals surface area contributed by atoms with Crippen molar-refractivity contribution in [3.05, 3.63) is 52.4 Å². The lowest BCUT2D eigenvalue weighted by molar-refractivity contribution is 0.304. The molecule has 0 unspecified atom stereocenters. The minimum Gasteiger partial charge on any atom is -0.489 e. The highest BCUT2D eigenvalue weighted by Gasteiger charge is 2.07. The molecule has 5 heteroatoms. The van der Waals surface area contributed by atoms with Gasteiger partial charge in [0, 0.05) is 10.5 Å². The molecule has 1 aromatic heterocycles. The topological polar surface area (TPSA) is 38.2 Å². The van der Waals surface area contributed by atoms with Gasteiger partial charge in [0.25, 0.3) is 4.84 Å². The summed E-state index contributed by atoms with van der Waals surface area (Å²) in [6, 6.07) is 11.6. The number of thiol groups is 1. The predicted octanol–water partition coefficient (Wildman–Crippen LogP) is 4.67. The molecule has 1 heterocycles. The van der Waals surface area contributed by atoms with E-state index >= 15 is 0 Å². The molecule has 1 N–H and O–H groups in total. The number of oxazole rings is 1. The van der Waals surface area contributed by atoms with Crippen LogP contribution in [0.3, 0.4) is 0 Å². The fourth-order valence-electron chi connectivity index (χ4n) is 2.05. The van der Waals surface area contributed by atoms with Gasteiger partial charge in [0.1, 0.15) is 12.4 Å². The zero-order valence-electron chi connectivity index (χ0n) is 10.8. The molecule has 0 saturated heterocycles. The van der Waals surface area contributed by atoms with E-state index in [1.165, 1.54) is 0 Å². The Kier molecular flexibility index (Phi) is 3.54. The minimum absolute atomic E-state index is 0.376. The summed E-state index contributed by atoms with van der Waals surface area (Å²) in [5, 5.41) is 0. The number of hydrogen-bond acceptors (Lipinski definition) is 4. The number of H-pyrrole nitrogens is 1. The fourth-order valence-corrected chi connectivity index (χ4v) is 2.43. The molecule has 20 heavy (non-hydrogen) atoms. The molecule has 0 bridgehead atoms. The summed E-state index contributed by atoms with van der Waals surface area (Å²) in [5.74, 6) is 0.830. The Balaban J connectivity index is 1.90. The van der Waals surface area contributed by atoms with Crippen LogP contribution in [-0.2, 0) is 6.61 Å². The lowest BCUT2D eigenvalue weighted by Gasteiger charge is -2.10. The van der Waals surface area contributed by atoms with Crippen molar-refractivity contribution in [1.29, 1.82) is 0 Å². The summed E-state index contributed by atoms with van der Waals surface area (Å²) in [5.41, 5.74) is 3.72. The Morgan fingerprint density at radius 2 is 2.15 bits per heavy atom. The minimum atomic E-state index is 0.376. The Morgan fingerprint density at radius 1 is 1.30 bits per heavy atom. The molecule has 0 spiro atoms. The molecule has 2 aromatic carbocycles. The van der Waals surface area contributed by atoms with Crippen molar-refractivity contribution in [1.82, 2.24) is 4.98 Å². The standard InChI is InChI=1S/C15H13NO2S2/c1-9-5-6-11(19)7-13(9)17-8-10-3-2-4-12-14(10)16-15(20)18-12/h2-7,19H,8H2,1H3,(H,16,20). The maximum Gasteiger partial charge on any atom is 0.266 e. The van der Waals surface area contributed by atoms with Crippen LogP contribution in [-0.4, -0.2) is 4.98 Å². The number of benzene rings is 2. The van der Waals surface area contributed by atoms with Crippen molar-refractivity contribution >= 4 is 35.9 Å². The van der Waals surface area contributed by atoms with E-state index in [-0.39, 0.29) is 0 Å². The van der Waals surface area contributed by atoms with Gasteiger partial charge in [0.15, 0.2) is 5.58 Å². The Bertz CT molecular complexity index is 820. The molecular weight excluding hydrogens is 290 g/mol. The fraction of sp³-hybridized carbons (Fsp3) is 0.133. The van der Waals surface area contributed by atoms with Crippen LogP contribution in [0.5, 0.6) is 5.75 Å². The van der Waals surface area contributed by atoms with Crippen molar-refractivity contribution < 1.29 is 9.15 Å². The highest BCUT2D eigenvalue weighted by atomic mass is 32.1. The third kappa shape index (κ3) is 2.59. The smallest absolute Gasteiger partial charge is 0.266 e. The van der Waals surface area contributed by atoms with Gasteiger partial charge in [0.2, 0.25) is 0 Å². The zero-order chi connectivity index (χ0) is 14.1. The van der Waals surface area contributed by atoms with Gasteiger partial charge >= 0.3 is 0 Å². The molecule has 0 radical (unpaired) electrons. The van der Waals surface area contributed by atoms with Gasteiger partial charge in [0.05, 0.1) is 5.52 Å². The van der Waals surface area contributed by atoms with Crippen molar-refractivity contribution in [3.8, 4) is 5.75 Å². The van der Waals surface area contributed by atoms with Crippen LogP contribution >= 0.6 is 24.8 Å². The van der Waals surface area contributed by atoms with E-state index in [0.29, 0.717) is 11.4 Å². The number of nitrogens with one attached hydrogen (secondary N) is 1. The number of hydrogen-bond donors (Lipinski definition) is 2. The quantitative estimate of drug-likeness (QED) is 0.545. The first kappa shape index (κ1) is 13.3. The number of ether oxygens (including phenoxy) is 1. The van der Waals surface area contributed by atoms with Crippen molar-refractivity contribution in [2.45, 2.75) is 18.4 Å². The average molecular weight is 303 g/mol. The number of fused-ring (bicyclic) bond motifs is 1. The summed E-state index contributed by atoms with van der Waals surface area (Å²) in [6.07, 6.45) is 0. The second kappa shape index (κ2) is 5.34. The van der Waals surface area contributed by atoms with Crippen molar-refractivity contribution in [2.75, 3.05) is 0 Å². The van der Waals surface area contributed by atoms with Gasteiger partial charge < -0.3 is 14.1 Å². The molecule has 0 atom stereocenters. The molecule has 3 aromatic rings. The predicted molar refractivity (Wildman–Crippen MR) is 84.2 cm³/mol. The summed E-state index contributed by atoms with van der Waals surface area (Å²) >= 11 is 9.34. The highest BCUT2D eigenvalue weighted by Crippen LogP contribution is 2.24. The molecule has 0 saturated carbocycles. The normalized spacial score (nSPS) is 10.9. The Labute approximate surface area is 127 Å². The van der Waals surface area contributed by atoms with Crippen molar-refractivity contribution in [3.63, 3.8) is 0 Å². The Morgan fingerprint density at radius 3 is 3.00 bits per heavy atom. The van der Waals surface area contributed by atoms with E-state index in [1.54, 1.807) is 0 Å². The van der Waals surface area contributed by atoms with Crippen LogP contribution in [0, 0.1) is 11.8 Å². The van der Waals surface area contributed by atoms with E-state index in [0.717, 1.165) is 32.9 Å². The molecule has 0 aliphatic heterocycles. The van der Waals surface area contributed by atoms with Crippen LogP contribution < -0.4 is 4.74 Å². The van der Waals surface area contributed by atoms with Crippen molar-refractivity contribution in [2.24, 2.45) is 0 Å². The first-order valence-corrected chi connectivity index (χ1v) is 7.02. The summed E-state index contributed by atoms with van der Waals surface area (Å²) in [6.45, 7) is 2.45. The number of aryl methyl sites for hydroxylation is 1. The number of aromatic nitrogens is 1. The first-order chi connectivity index (χ1) is 9.63. The molecule has 0 fully saturated rings. The molecule has 3 nitrogen and oxygen atoms in total. The maximum atomic E-state index is 5.88. The van der Waals surface area contributed by atoms with Crippen LogP contribution in [0.15, 0.2) is 45.7 Å². The zero-order valence-corrected chi connectivity index (χ0v) is 12.6. The molecule has 0 amide bonds. The Hall–Kier alpha value is -1.72. The van der Waals surface area contributed by atoms with E-state index in [4.69, 9.17) is 21.4 Å². The maximum absolute atomic E-state index is 5.88. The van der Waals surface area contributed by atoms with E-state index < -0.39 is 0 Å². The van der Waals surface area contributed by atoms with Gasteiger partial charge in [-0.25, -0.2) is 0 Å². The molecule has 102 valence electrons. The second-order valence-corrected chi connectivity index (χ2v) is 5.43. The third-order valence-corrected chi connectivity index (χ3v) is 3.56. The molecule has 0 aliphatic carbocycles. The summed E-state index contributed by atoms with van der Waals surface area (Å²) in [4.78, 5) is 4.30. The largest absolute Gasteiger partial charge is 0.489 e. The highest BCUT2D eigenvalue weighted by molar-refractivity contribution is 7.80. The number of aromatic amines is 1. The second-order valence-electron chi connectivity index (χ2n) is 4.54. The van der Waals surface area contributed by atoms with E-state index in [9.17, 15) is 0 Å². The average Bonchev–Trinajstić information content (AvgIpc) is 2.80. The lowest BCUT2D eigenvalue weighted by atomic mass is 10.2. The number of rotatable bonds is 3. The molecule has 3 rings (SSSR count). The third-order valence-electron chi connectivity index (χ3n) is 3.10. The van der Waals surface area contributed by atoms with E-state index in [2.05, 4.69) is 17.6 Å². The first-order valence-electron chi connectivity index (χ1n) is 6.16. The molecule has 0 aliphatic rings. The number of para-hydroxylation sites is 1. The van der Waals surface area contributed by atoms with E-state index in [1.807, 2.05) is 43.3 Å². The SMILES string of the molecule is Cc1ccc(S)cc1OCc1cccc2oc(=S)[nH]c12. The van der Waals surface area contributed by atoms with Crippen LogP contribution in [0.4, 0.5) is 0 Å². The van der Waals surface area contributed by atoms with Gasteiger partial charge in [-0.2, -0.15) is 0 Å². The lowest BCUT2D eigenvalue weighted by Crippen LogP contribution is -1.98. The van der Waals surface area contributed by atoms with Crippen LogP contribution in [0.1, 0.15) is 11.1 Å². The van der Waals surface area contributed by atoms with Gasteiger partial charge in [-0.3, -0.25) is 0 Å². The monoisotopic (exact) mass is 303 g/mol. The van der Waals surface area contributed by atoms with Crippen LogP contribution in [0.2, 0.25) is 0 Å².